The molecular formula is C12H16INO. The lowest BCUT2D eigenvalue weighted by Crippen LogP contribution is -2.24. The van der Waals surface area contributed by atoms with Crippen LogP contribution in [0.3, 0.4) is 0 Å². The molecule has 0 spiro atoms. The number of halogens is 1. The fraction of sp³-hybridized carbons (Fsp3) is 0.417. The summed E-state index contributed by atoms with van der Waals surface area (Å²) in [5.41, 5.74) is 0.749. The Kier molecular flexibility index (Phi) is 5.68. The predicted octanol–water partition coefficient (Wildman–Crippen LogP) is 3.21. The smallest absolute Gasteiger partial charge is 0.251 e. The van der Waals surface area contributed by atoms with E-state index in [1.807, 2.05) is 24.3 Å². The summed E-state index contributed by atoms with van der Waals surface area (Å²) in [5, 5.41) is 2.92. The number of nitrogens with one attached hydrogen (secondary N) is 1. The second-order valence-corrected chi connectivity index (χ2v) is 4.72. The molecule has 3 heteroatoms. The Balaban J connectivity index is 2.40. The van der Waals surface area contributed by atoms with Crippen LogP contribution in [0.4, 0.5) is 0 Å². The predicted molar refractivity (Wildman–Crippen MR) is 71.0 cm³/mol. The number of hydrogen-bond acceptors (Lipinski definition) is 1. The second-order valence-electron chi connectivity index (χ2n) is 3.47. The quantitative estimate of drug-likeness (QED) is 0.656. The Labute approximate surface area is 105 Å². The van der Waals surface area contributed by atoms with Crippen molar-refractivity contribution in [3.8, 4) is 0 Å². The Bertz CT molecular complexity index is 325. The zero-order valence-corrected chi connectivity index (χ0v) is 11.1. The lowest BCUT2D eigenvalue weighted by molar-refractivity contribution is 0.0953. The molecule has 0 unspecified atom stereocenters. The fourth-order valence-electron chi connectivity index (χ4n) is 1.31. The average molecular weight is 317 g/mol. The molecule has 0 aliphatic rings. The molecule has 0 aliphatic heterocycles. The van der Waals surface area contributed by atoms with Crippen LogP contribution in [-0.2, 0) is 0 Å². The molecule has 0 fully saturated rings. The van der Waals surface area contributed by atoms with E-state index in [0.29, 0.717) is 0 Å². The minimum atomic E-state index is 0.0321. The SMILES string of the molecule is CCCCCNC(=O)c1cccc(I)c1. The van der Waals surface area contributed by atoms with Gasteiger partial charge in [0.05, 0.1) is 0 Å². The Hall–Kier alpha value is -0.580. The van der Waals surface area contributed by atoms with Crippen LogP contribution < -0.4 is 5.32 Å². The third kappa shape index (κ3) is 4.64. The number of hydrogen-bond donors (Lipinski definition) is 1. The van der Waals surface area contributed by atoms with Gasteiger partial charge in [-0.15, -0.1) is 0 Å². The van der Waals surface area contributed by atoms with Crippen molar-refractivity contribution in [1.82, 2.24) is 5.32 Å². The van der Waals surface area contributed by atoms with Crippen molar-refractivity contribution in [3.63, 3.8) is 0 Å². The topological polar surface area (TPSA) is 29.1 Å². The molecule has 0 heterocycles. The van der Waals surface area contributed by atoms with E-state index < -0.39 is 0 Å². The van der Waals surface area contributed by atoms with Gasteiger partial charge in [0.1, 0.15) is 0 Å². The molecule has 1 N–H and O–H groups in total. The molecule has 1 aromatic carbocycles. The standard InChI is InChI=1S/C12H16INO/c1-2-3-4-8-14-12(15)10-6-5-7-11(13)9-10/h5-7,9H,2-4,8H2,1H3,(H,14,15). The molecule has 0 radical (unpaired) electrons. The maximum Gasteiger partial charge on any atom is 0.251 e. The van der Waals surface area contributed by atoms with E-state index in [1.54, 1.807) is 0 Å². The molecule has 0 saturated carbocycles. The van der Waals surface area contributed by atoms with Gasteiger partial charge >= 0.3 is 0 Å². The summed E-state index contributed by atoms with van der Waals surface area (Å²) in [5.74, 6) is 0.0321. The van der Waals surface area contributed by atoms with E-state index in [-0.39, 0.29) is 5.91 Å². The molecule has 0 aliphatic carbocycles. The molecule has 2 nitrogen and oxygen atoms in total. The maximum atomic E-state index is 11.6. The zero-order chi connectivity index (χ0) is 11.1. The minimum Gasteiger partial charge on any atom is -0.352 e. The Morgan fingerprint density at radius 3 is 2.87 bits per heavy atom. The first-order chi connectivity index (χ1) is 7.24. The van der Waals surface area contributed by atoms with Crippen LogP contribution in [0.1, 0.15) is 36.5 Å². The molecule has 82 valence electrons. The molecule has 15 heavy (non-hydrogen) atoms. The number of rotatable bonds is 5. The van der Waals surface area contributed by atoms with Crippen LogP contribution in [0.25, 0.3) is 0 Å². The van der Waals surface area contributed by atoms with Crippen LogP contribution >= 0.6 is 22.6 Å². The van der Waals surface area contributed by atoms with Crippen molar-refractivity contribution in [2.24, 2.45) is 0 Å². The zero-order valence-electron chi connectivity index (χ0n) is 8.92. The normalized spacial score (nSPS) is 10.0. The van der Waals surface area contributed by atoms with Gasteiger partial charge in [0.2, 0.25) is 0 Å². The van der Waals surface area contributed by atoms with Gasteiger partial charge in [0, 0.05) is 15.7 Å². The summed E-state index contributed by atoms with van der Waals surface area (Å²) in [7, 11) is 0. The van der Waals surface area contributed by atoms with E-state index in [9.17, 15) is 4.79 Å². The summed E-state index contributed by atoms with van der Waals surface area (Å²) in [6, 6.07) is 7.63. The molecule has 1 amide bonds. The van der Waals surface area contributed by atoms with Gasteiger partial charge in [-0.1, -0.05) is 25.8 Å². The van der Waals surface area contributed by atoms with Gasteiger partial charge in [-0.3, -0.25) is 4.79 Å². The number of benzene rings is 1. The third-order valence-electron chi connectivity index (χ3n) is 2.15. The monoisotopic (exact) mass is 317 g/mol. The van der Waals surface area contributed by atoms with E-state index in [1.165, 1.54) is 12.8 Å². The van der Waals surface area contributed by atoms with E-state index in [2.05, 4.69) is 34.8 Å². The second kappa shape index (κ2) is 6.82. The van der Waals surface area contributed by atoms with Crippen LogP contribution in [0.15, 0.2) is 24.3 Å². The van der Waals surface area contributed by atoms with Crippen LogP contribution in [-0.4, -0.2) is 12.5 Å². The van der Waals surface area contributed by atoms with E-state index >= 15 is 0 Å². The Morgan fingerprint density at radius 1 is 1.40 bits per heavy atom. The highest BCUT2D eigenvalue weighted by Gasteiger charge is 2.03. The average Bonchev–Trinajstić information content (AvgIpc) is 2.24. The molecule has 0 bridgehead atoms. The van der Waals surface area contributed by atoms with Gasteiger partial charge in [0.25, 0.3) is 5.91 Å². The van der Waals surface area contributed by atoms with E-state index in [4.69, 9.17) is 0 Å². The lowest BCUT2D eigenvalue weighted by atomic mass is 10.2. The molecular weight excluding hydrogens is 301 g/mol. The number of carbonyl (C=O) groups is 1. The van der Waals surface area contributed by atoms with Crippen LogP contribution in [0.2, 0.25) is 0 Å². The summed E-state index contributed by atoms with van der Waals surface area (Å²) >= 11 is 2.21. The van der Waals surface area contributed by atoms with Crippen molar-refractivity contribution < 1.29 is 4.79 Å². The third-order valence-corrected chi connectivity index (χ3v) is 2.82. The van der Waals surface area contributed by atoms with Gasteiger partial charge in [0.15, 0.2) is 0 Å². The number of carbonyl (C=O) groups excluding carboxylic acids is 1. The summed E-state index contributed by atoms with van der Waals surface area (Å²) in [6.45, 7) is 2.93. The van der Waals surface area contributed by atoms with Gasteiger partial charge in [-0.25, -0.2) is 0 Å². The van der Waals surface area contributed by atoms with Crippen molar-refractivity contribution in [1.29, 1.82) is 0 Å². The van der Waals surface area contributed by atoms with E-state index in [0.717, 1.165) is 22.1 Å². The van der Waals surface area contributed by atoms with Gasteiger partial charge in [-0.2, -0.15) is 0 Å². The van der Waals surface area contributed by atoms with Crippen molar-refractivity contribution in [2.45, 2.75) is 26.2 Å². The summed E-state index contributed by atoms with van der Waals surface area (Å²) in [6.07, 6.45) is 3.41. The first-order valence-electron chi connectivity index (χ1n) is 5.28. The highest BCUT2D eigenvalue weighted by molar-refractivity contribution is 14.1. The van der Waals surface area contributed by atoms with Crippen molar-refractivity contribution in [3.05, 3.63) is 33.4 Å². The van der Waals surface area contributed by atoms with Crippen LogP contribution in [0, 0.1) is 3.57 Å². The summed E-state index contributed by atoms with van der Waals surface area (Å²) < 4.78 is 1.09. The minimum absolute atomic E-state index is 0.0321. The largest absolute Gasteiger partial charge is 0.352 e. The molecule has 0 saturated heterocycles. The Morgan fingerprint density at radius 2 is 2.20 bits per heavy atom. The van der Waals surface area contributed by atoms with Gasteiger partial charge < -0.3 is 5.32 Å². The number of unbranched alkanes of at least 4 members (excludes halogenated alkanes) is 2. The fourth-order valence-corrected chi connectivity index (χ4v) is 1.85. The highest BCUT2D eigenvalue weighted by atomic mass is 127. The molecule has 0 atom stereocenters. The first-order valence-corrected chi connectivity index (χ1v) is 6.35. The molecule has 1 rings (SSSR count). The first kappa shape index (κ1) is 12.5. The van der Waals surface area contributed by atoms with Crippen molar-refractivity contribution in [2.75, 3.05) is 6.54 Å². The van der Waals surface area contributed by atoms with Crippen LogP contribution in [0.5, 0.6) is 0 Å². The highest BCUT2D eigenvalue weighted by Crippen LogP contribution is 2.07. The summed E-state index contributed by atoms with van der Waals surface area (Å²) in [4.78, 5) is 11.6. The lowest BCUT2D eigenvalue weighted by Gasteiger charge is -2.04. The molecule has 1 aromatic rings. The molecule has 0 aromatic heterocycles. The number of amides is 1. The van der Waals surface area contributed by atoms with Crippen molar-refractivity contribution >= 4 is 28.5 Å². The van der Waals surface area contributed by atoms with Gasteiger partial charge in [-0.05, 0) is 47.2 Å². The maximum absolute atomic E-state index is 11.6.